The molecule has 1 saturated carbocycles. The summed E-state index contributed by atoms with van der Waals surface area (Å²) in [6.45, 7) is 3.34. The largest absolute Gasteiger partial charge is 0.462 e. The lowest BCUT2D eigenvalue weighted by Gasteiger charge is -2.26. The van der Waals surface area contributed by atoms with Crippen LogP contribution in [0.1, 0.15) is 37.2 Å². The third kappa shape index (κ3) is 2.84. The first-order chi connectivity index (χ1) is 8.63. The highest BCUT2D eigenvalue weighted by Crippen LogP contribution is 2.38. The Kier molecular flexibility index (Phi) is 4.59. The maximum atomic E-state index is 14.0. The molecule has 0 saturated heterocycles. The van der Waals surface area contributed by atoms with Gasteiger partial charge in [-0.15, -0.1) is 0 Å². The number of hydrogen-bond acceptors (Lipinski definition) is 1. The van der Waals surface area contributed by atoms with Crippen LogP contribution in [0.25, 0.3) is 0 Å². The zero-order valence-electron chi connectivity index (χ0n) is 9.96. The molecule has 4 heteroatoms. The summed E-state index contributed by atoms with van der Waals surface area (Å²) >= 11 is 2.42. The Labute approximate surface area is 119 Å². The summed E-state index contributed by atoms with van der Waals surface area (Å²) in [4.78, 5) is 0. The number of hydrogen-bond donors (Lipinski definition) is 0. The molecule has 0 heterocycles. The Morgan fingerprint density at radius 3 is 2.44 bits per heavy atom. The molecular formula is C14H15F2IO. The molecule has 0 N–H and O–H groups in total. The predicted molar refractivity (Wildman–Crippen MR) is 76.2 cm³/mol. The van der Waals surface area contributed by atoms with E-state index in [1.807, 2.05) is 0 Å². The summed E-state index contributed by atoms with van der Waals surface area (Å²) in [7, 11) is 0. The second-order valence-electron chi connectivity index (χ2n) is 4.51. The van der Waals surface area contributed by atoms with Crippen LogP contribution in [-0.2, 0) is 0 Å². The van der Waals surface area contributed by atoms with Crippen molar-refractivity contribution >= 4 is 22.6 Å². The van der Waals surface area contributed by atoms with Gasteiger partial charge in [-0.1, -0.05) is 35.2 Å². The molecule has 1 aromatic carbocycles. The van der Waals surface area contributed by atoms with Crippen molar-refractivity contribution in [2.45, 2.75) is 35.5 Å². The molecule has 1 aliphatic rings. The topological polar surface area (TPSA) is 9.23 Å². The Balaban J connectivity index is 2.24. The zero-order chi connectivity index (χ0) is 13.1. The highest BCUT2D eigenvalue weighted by molar-refractivity contribution is 14.1. The molecule has 0 unspecified atom stereocenters. The van der Waals surface area contributed by atoms with Gasteiger partial charge in [0.15, 0.2) is 11.6 Å². The molecule has 1 fully saturated rings. The van der Waals surface area contributed by atoms with Crippen molar-refractivity contribution in [3.8, 4) is 5.75 Å². The lowest BCUT2D eigenvalue weighted by molar-refractivity contribution is 0.397. The van der Waals surface area contributed by atoms with Crippen molar-refractivity contribution in [2.75, 3.05) is 0 Å². The third-order valence-corrected chi connectivity index (χ3v) is 4.63. The van der Waals surface area contributed by atoms with Gasteiger partial charge in [-0.3, -0.25) is 0 Å². The average Bonchev–Trinajstić information content (AvgIpc) is 2.37. The van der Waals surface area contributed by atoms with Crippen molar-refractivity contribution in [1.29, 1.82) is 0 Å². The van der Waals surface area contributed by atoms with E-state index in [-0.39, 0.29) is 11.7 Å². The van der Waals surface area contributed by atoms with Gasteiger partial charge in [-0.05, 0) is 43.2 Å². The lowest BCUT2D eigenvalue weighted by atomic mass is 9.84. The fourth-order valence-corrected chi connectivity index (χ4v) is 3.13. The van der Waals surface area contributed by atoms with Crippen LogP contribution in [-0.4, -0.2) is 3.92 Å². The molecule has 0 atom stereocenters. The molecular weight excluding hydrogens is 349 g/mol. The average molecular weight is 364 g/mol. The van der Waals surface area contributed by atoms with Crippen LogP contribution >= 0.6 is 22.6 Å². The van der Waals surface area contributed by atoms with Crippen LogP contribution in [0.15, 0.2) is 25.0 Å². The number of halogens is 3. The standard InChI is InChI=1S/C14H15F2IO/c1-2-18-12-8-7-11(13(15)14(12)16)9-3-5-10(17)6-4-9/h2,7-10H,1,3-6H2. The van der Waals surface area contributed by atoms with E-state index in [2.05, 4.69) is 29.2 Å². The van der Waals surface area contributed by atoms with E-state index in [1.165, 1.54) is 6.07 Å². The molecule has 0 spiro atoms. The number of benzene rings is 1. The van der Waals surface area contributed by atoms with E-state index >= 15 is 0 Å². The number of ether oxygens (including phenoxy) is 1. The van der Waals surface area contributed by atoms with Crippen molar-refractivity contribution in [2.24, 2.45) is 0 Å². The second-order valence-corrected chi connectivity index (χ2v) is 6.28. The van der Waals surface area contributed by atoms with Gasteiger partial charge >= 0.3 is 0 Å². The Morgan fingerprint density at radius 1 is 1.17 bits per heavy atom. The molecule has 0 radical (unpaired) electrons. The van der Waals surface area contributed by atoms with Gasteiger partial charge in [-0.25, -0.2) is 4.39 Å². The summed E-state index contributed by atoms with van der Waals surface area (Å²) in [5, 5.41) is 0. The van der Waals surface area contributed by atoms with E-state index in [4.69, 9.17) is 4.74 Å². The molecule has 1 nitrogen and oxygen atoms in total. The van der Waals surface area contributed by atoms with Gasteiger partial charge in [0.1, 0.15) is 0 Å². The van der Waals surface area contributed by atoms with E-state index in [0.717, 1.165) is 31.9 Å². The van der Waals surface area contributed by atoms with Crippen LogP contribution in [0, 0.1) is 11.6 Å². The normalized spacial score (nSPS) is 23.7. The second kappa shape index (κ2) is 5.99. The Morgan fingerprint density at radius 2 is 1.83 bits per heavy atom. The van der Waals surface area contributed by atoms with E-state index in [9.17, 15) is 8.78 Å². The monoisotopic (exact) mass is 364 g/mol. The third-order valence-electron chi connectivity index (χ3n) is 3.38. The molecule has 18 heavy (non-hydrogen) atoms. The first-order valence-electron chi connectivity index (χ1n) is 6.03. The van der Waals surface area contributed by atoms with Gasteiger partial charge in [-0.2, -0.15) is 4.39 Å². The van der Waals surface area contributed by atoms with E-state index < -0.39 is 11.6 Å². The van der Waals surface area contributed by atoms with E-state index in [0.29, 0.717) is 9.49 Å². The summed E-state index contributed by atoms with van der Waals surface area (Å²) in [6, 6.07) is 3.11. The summed E-state index contributed by atoms with van der Waals surface area (Å²) in [5.74, 6) is -1.66. The number of alkyl halides is 1. The van der Waals surface area contributed by atoms with Gasteiger partial charge in [0.2, 0.25) is 5.82 Å². The van der Waals surface area contributed by atoms with Gasteiger partial charge < -0.3 is 4.74 Å². The predicted octanol–water partition coefficient (Wildman–Crippen LogP) is 4.95. The summed E-state index contributed by atoms with van der Waals surface area (Å²) in [5.41, 5.74) is 0.479. The Hall–Kier alpha value is -0.650. The van der Waals surface area contributed by atoms with Crippen LogP contribution in [0.5, 0.6) is 5.75 Å². The first kappa shape index (κ1) is 13.8. The summed E-state index contributed by atoms with van der Waals surface area (Å²) < 4.78 is 33.2. The van der Waals surface area contributed by atoms with Crippen LogP contribution in [0.3, 0.4) is 0 Å². The smallest absolute Gasteiger partial charge is 0.201 e. The molecule has 2 rings (SSSR count). The molecule has 0 amide bonds. The minimum Gasteiger partial charge on any atom is -0.462 e. The SMILES string of the molecule is C=COc1ccc(C2CCC(I)CC2)c(F)c1F. The highest BCUT2D eigenvalue weighted by atomic mass is 127. The molecule has 1 aromatic rings. The fourth-order valence-electron chi connectivity index (χ4n) is 2.41. The van der Waals surface area contributed by atoms with Gasteiger partial charge in [0.25, 0.3) is 0 Å². The minimum absolute atomic E-state index is 0.103. The molecule has 1 aliphatic carbocycles. The van der Waals surface area contributed by atoms with Crippen LogP contribution in [0.4, 0.5) is 8.78 Å². The number of rotatable bonds is 3. The maximum Gasteiger partial charge on any atom is 0.201 e. The van der Waals surface area contributed by atoms with Gasteiger partial charge in [0, 0.05) is 3.92 Å². The Bertz CT molecular complexity index is 440. The van der Waals surface area contributed by atoms with E-state index in [1.54, 1.807) is 6.07 Å². The molecule has 0 aliphatic heterocycles. The van der Waals surface area contributed by atoms with Crippen molar-refractivity contribution in [3.05, 3.63) is 42.2 Å². The van der Waals surface area contributed by atoms with Crippen LogP contribution in [0.2, 0.25) is 0 Å². The van der Waals surface area contributed by atoms with Crippen molar-refractivity contribution in [1.82, 2.24) is 0 Å². The summed E-state index contributed by atoms with van der Waals surface area (Å²) in [6.07, 6.45) is 5.07. The zero-order valence-corrected chi connectivity index (χ0v) is 12.1. The molecule has 0 bridgehead atoms. The first-order valence-corrected chi connectivity index (χ1v) is 7.27. The minimum atomic E-state index is -0.913. The lowest BCUT2D eigenvalue weighted by Crippen LogP contribution is -2.14. The van der Waals surface area contributed by atoms with Gasteiger partial charge in [0.05, 0.1) is 6.26 Å². The maximum absolute atomic E-state index is 14.0. The van der Waals surface area contributed by atoms with Crippen LogP contribution < -0.4 is 4.74 Å². The molecule has 0 aromatic heterocycles. The highest BCUT2D eigenvalue weighted by Gasteiger charge is 2.25. The van der Waals surface area contributed by atoms with Crippen molar-refractivity contribution < 1.29 is 13.5 Å². The quantitative estimate of drug-likeness (QED) is 0.419. The molecule has 98 valence electrons. The fraction of sp³-hybridized carbons (Fsp3) is 0.429. The van der Waals surface area contributed by atoms with Crippen molar-refractivity contribution in [3.63, 3.8) is 0 Å².